The summed E-state index contributed by atoms with van der Waals surface area (Å²) in [7, 11) is 0. The molecule has 1 N–H and O–H groups in total. The first kappa shape index (κ1) is 15.3. The molecule has 0 unspecified atom stereocenters. The van der Waals surface area contributed by atoms with Crippen LogP contribution in [0.1, 0.15) is 43.7 Å². The van der Waals surface area contributed by atoms with Gasteiger partial charge in [-0.2, -0.15) is 5.26 Å². The third kappa shape index (κ3) is 4.19. The summed E-state index contributed by atoms with van der Waals surface area (Å²) in [5.74, 6) is 0.236. The maximum absolute atomic E-state index is 12.3. The minimum Gasteiger partial charge on any atom is -0.348 e. The van der Waals surface area contributed by atoms with Crippen LogP contribution in [0.4, 0.5) is 0 Å². The molecule has 0 heterocycles. The molecule has 2 atom stereocenters. The number of amides is 1. The molecule has 3 nitrogen and oxygen atoms in total. The largest absolute Gasteiger partial charge is 0.348 e. The molecular weight excluding hydrogens is 260 g/mol. The Morgan fingerprint density at radius 3 is 2.81 bits per heavy atom. The van der Waals surface area contributed by atoms with Crippen LogP contribution in [0.15, 0.2) is 29.8 Å². The molecule has 1 amide bonds. The van der Waals surface area contributed by atoms with Crippen molar-refractivity contribution in [1.29, 1.82) is 5.26 Å². The van der Waals surface area contributed by atoms with Gasteiger partial charge in [-0.25, -0.2) is 0 Å². The lowest BCUT2D eigenvalue weighted by molar-refractivity contribution is -0.118. The van der Waals surface area contributed by atoms with E-state index in [0.29, 0.717) is 5.92 Å². The smallest absolute Gasteiger partial charge is 0.262 e. The molecule has 0 aliphatic heterocycles. The Balaban J connectivity index is 2.10. The second-order valence-corrected chi connectivity index (χ2v) is 5.93. The predicted octanol–water partition coefficient (Wildman–Crippen LogP) is 3.60. The normalized spacial score (nSPS) is 22.4. The van der Waals surface area contributed by atoms with Crippen LogP contribution >= 0.6 is 0 Å². The van der Waals surface area contributed by atoms with E-state index in [4.69, 9.17) is 0 Å². The minimum atomic E-state index is -0.252. The lowest BCUT2D eigenvalue weighted by Gasteiger charge is -2.29. The van der Waals surface area contributed by atoms with Gasteiger partial charge in [0.15, 0.2) is 0 Å². The highest BCUT2D eigenvalue weighted by Gasteiger charge is 2.23. The molecule has 110 valence electrons. The van der Waals surface area contributed by atoms with Gasteiger partial charge in [0.1, 0.15) is 11.6 Å². The molecular formula is C18H22N2O. The second kappa shape index (κ2) is 7.08. The first-order valence-electron chi connectivity index (χ1n) is 7.59. The van der Waals surface area contributed by atoms with Crippen molar-refractivity contribution < 1.29 is 4.79 Å². The van der Waals surface area contributed by atoms with E-state index in [1.54, 1.807) is 6.08 Å². The van der Waals surface area contributed by atoms with Crippen molar-refractivity contribution >= 4 is 12.0 Å². The van der Waals surface area contributed by atoms with Gasteiger partial charge < -0.3 is 5.32 Å². The SMILES string of the molecule is Cc1cccc(/C=C(\C#N)C(=O)N[C@H]2CCCC[C@@H]2C)c1. The van der Waals surface area contributed by atoms with Crippen LogP contribution in [-0.2, 0) is 4.79 Å². The van der Waals surface area contributed by atoms with E-state index in [2.05, 4.69) is 12.2 Å². The van der Waals surface area contributed by atoms with Gasteiger partial charge in [-0.15, -0.1) is 0 Å². The van der Waals surface area contributed by atoms with Crippen LogP contribution < -0.4 is 5.32 Å². The van der Waals surface area contributed by atoms with E-state index >= 15 is 0 Å². The summed E-state index contributed by atoms with van der Waals surface area (Å²) in [6.07, 6.45) is 6.21. The Labute approximate surface area is 126 Å². The van der Waals surface area contributed by atoms with E-state index in [-0.39, 0.29) is 17.5 Å². The van der Waals surface area contributed by atoms with Crippen LogP contribution in [0.2, 0.25) is 0 Å². The fourth-order valence-electron chi connectivity index (χ4n) is 2.85. The van der Waals surface area contributed by atoms with Crippen molar-refractivity contribution in [3.8, 4) is 6.07 Å². The highest BCUT2D eigenvalue weighted by atomic mass is 16.1. The standard InChI is InChI=1S/C18H22N2O/c1-13-6-5-8-15(10-13)11-16(12-19)18(21)20-17-9-4-3-7-14(17)2/h5-6,8,10-11,14,17H,3-4,7,9H2,1-2H3,(H,20,21)/b16-11+/t14-,17-/m0/s1. The topological polar surface area (TPSA) is 52.9 Å². The van der Waals surface area contributed by atoms with Gasteiger partial charge in [0.05, 0.1) is 0 Å². The zero-order valence-corrected chi connectivity index (χ0v) is 12.7. The molecule has 0 spiro atoms. The quantitative estimate of drug-likeness (QED) is 0.680. The number of nitriles is 1. The fourth-order valence-corrected chi connectivity index (χ4v) is 2.85. The van der Waals surface area contributed by atoms with Crippen LogP contribution in [0.3, 0.4) is 0 Å². The van der Waals surface area contributed by atoms with Crippen molar-refractivity contribution in [2.24, 2.45) is 5.92 Å². The van der Waals surface area contributed by atoms with Crippen LogP contribution in [0, 0.1) is 24.2 Å². The predicted molar refractivity (Wildman–Crippen MR) is 84.3 cm³/mol. The molecule has 21 heavy (non-hydrogen) atoms. The zero-order valence-electron chi connectivity index (χ0n) is 12.7. The fraction of sp³-hybridized carbons (Fsp3) is 0.444. The molecule has 1 aromatic rings. The van der Waals surface area contributed by atoms with Crippen molar-refractivity contribution in [2.45, 2.75) is 45.6 Å². The monoisotopic (exact) mass is 282 g/mol. The van der Waals surface area contributed by atoms with Gasteiger partial charge in [0.2, 0.25) is 0 Å². The van der Waals surface area contributed by atoms with E-state index in [1.165, 1.54) is 6.42 Å². The van der Waals surface area contributed by atoms with Gasteiger partial charge in [-0.05, 0) is 37.3 Å². The number of hydrogen-bond donors (Lipinski definition) is 1. The van der Waals surface area contributed by atoms with E-state index < -0.39 is 0 Å². The number of nitrogens with one attached hydrogen (secondary N) is 1. The van der Waals surface area contributed by atoms with E-state index in [1.807, 2.05) is 37.3 Å². The zero-order chi connectivity index (χ0) is 15.2. The number of rotatable bonds is 3. The molecule has 1 fully saturated rings. The van der Waals surface area contributed by atoms with Crippen molar-refractivity contribution in [3.63, 3.8) is 0 Å². The number of nitrogens with zero attached hydrogens (tertiary/aromatic N) is 1. The number of benzene rings is 1. The molecule has 1 aliphatic carbocycles. The summed E-state index contributed by atoms with van der Waals surface area (Å²) in [4.78, 5) is 12.3. The molecule has 0 saturated heterocycles. The number of carbonyl (C=O) groups excluding carboxylic acids is 1. The molecule has 2 rings (SSSR count). The van der Waals surface area contributed by atoms with Gasteiger partial charge in [-0.3, -0.25) is 4.79 Å². The van der Waals surface area contributed by atoms with E-state index in [0.717, 1.165) is 30.4 Å². The lowest BCUT2D eigenvalue weighted by atomic mass is 9.86. The van der Waals surface area contributed by atoms with Gasteiger partial charge in [0, 0.05) is 6.04 Å². The van der Waals surface area contributed by atoms with Crippen LogP contribution in [0.5, 0.6) is 0 Å². The van der Waals surface area contributed by atoms with Crippen molar-refractivity contribution in [2.75, 3.05) is 0 Å². The van der Waals surface area contributed by atoms with Gasteiger partial charge in [0.25, 0.3) is 5.91 Å². The highest BCUT2D eigenvalue weighted by molar-refractivity contribution is 6.01. The van der Waals surface area contributed by atoms with Crippen LogP contribution in [-0.4, -0.2) is 11.9 Å². The number of hydrogen-bond acceptors (Lipinski definition) is 2. The molecule has 0 aromatic heterocycles. The first-order valence-corrected chi connectivity index (χ1v) is 7.59. The Morgan fingerprint density at radius 1 is 1.38 bits per heavy atom. The Bertz CT molecular complexity index is 583. The van der Waals surface area contributed by atoms with Crippen molar-refractivity contribution in [1.82, 2.24) is 5.32 Å². The average molecular weight is 282 g/mol. The summed E-state index contributed by atoms with van der Waals surface area (Å²) in [5.41, 5.74) is 2.18. The summed E-state index contributed by atoms with van der Waals surface area (Å²) in [5, 5.41) is 12.3. The molecule has 0 bridgehead atoms. The Morgan fingerprint density at radius 2 is 2.14 bits per heavy atom. The van der Waals surface area contributed by atoms with Gasteiger partial charge >= 0.3 is 0 Å². The molecule has 0 radical (unpaired) electrons. The third-order valence-electron chi connectivity index (χ3n) is 4.15. The molecule has 3 heteroatoms. The molecule has 1 saturated carbocycles. The molecule has 1 aliphatic rings. The maximum atomic E-state index is 12.3. The van der Waals surface area contributed by atoms with E-state index in [9.17, 15) is 10.1 Å². The Kier molecular flexibility index (Phi) is 5.16. The van der Waals surface area contributed by atoms with Crippen LogP contribution in [0.25, 0.3) is 6.08 Å². The maximum Gasteiger partial charge on any atom is 0.262 e. The second-order valence-electron chi connectivity index (χ2n) is 5.93. The lowest BCUT2D eigenvalue weighted by Crippen LogP contribution is -2.41. The minimum absolute atomic E-state index is 0.179. The summed E-state index contributed by atoms with van der Waals surface area (Å²) in [6.45, 7) is 4.16. The number of carbonyl (C=O) groups is 1. The number of aryl methyl sites for hydroxylation is 1. The summed E-state index contributed by atoms with van der Waals surface area (Å²) >= 11 is 0. The first-order chi connectivity index (χ1) is 10.1. The molecule has 1 aromatic carbocycles. The third-order valence-corrected chi connectivity index (χ3v) is 4.15. The highest BCUT2D eigenvalue weighted by Crippen LogP contribution is 2.24. The summed E-state index contributed by atoms with van der Waals surface area (Å²) < 4.78 is 0. The van der Waals surface area contributed by atoms with Crippen molar-refractivity contribution in [3.05, 3.63) is 41.0 Å². The van der Waals surface area contributed by atoms with Gasteiger partial charge in [-0.1, -0.05) is 49.6 Å². The average Bonchev–Trinajstić information content (AvgIpc) is 2.47. The summed E-state index contributed by atoms with van der Waals surface area (Å²) in [6, 6.07) is 10.0. The Hall–Kier alpha value is -2.08.